The summed E-state index contributed by atoms with van der Waals surface area (Å²) >= 11 is 1.27. The summed E-state index contributed by atoms with van der Waals surface area (Å²) < 4.78 is 1.78. The fraction of sp³-hybridized carbons (Fsp3) is 0.308. The number of nitrogens with zero attached hydrogens (tertiary/aromatic N) is 5. The summed E-state index contributed by atoms with van der Waals surface area (Å²) in [7, 11) is 3.55. The van der Waals surface area contributed by atoms with E-state index in [4.69, 9.17) is 0 Å². The van der Waals surface area contributed by atoms with Gasteiger partial charge in [-0.25, -0.2) is 9.98 Å². The van der Waals surface area contributed by atoms with Gasteiger partial charge in [0, 0.05) is 38.5 Å². The minimum atomic E-state index is -0.306. The first-order chi connectivity index (χ1) is 17.5. The van der Waals surface area contributed by atoms with Gasteiger partial charge in [-0.15, -0.1) is 11.3 Å². The largest absolute Gasteiger partial charge is 0.359 e. The molecule has 0 saturated heterocycles. The summed E-state index contributed by atoms with van der Waals surface area (Å²) in [5.41, 5.74) is 5.69. The van der Waals surface area contributed by atoms with E-state index in [0.29, 0.717) is 11.3 Å². The first-order valence-electron chi connectivity index (χ1n) is 11.9. The number of benzene rings is 1. The number of aliphatic imine (C=N–C) groups is 1. The lowest BCUT2D eigenvalue weighted by atomic mass is 10.0. The summed E-state index contributed by atoms with van der Waals surface area (Å²) in [6.07, 6.45) is 12.7. The quantitative estimate of drug-likeness (QED) is 0.229. The topological polar surface area (TPSA) is 118 Å². The Morgan fingerprint density at radius 3 is 2.61 bits per heavy atom. The maximum Gasteiger partial charge on any atom is 0.288 e. The van der Waals surface area contributed by atoms with Crippen molar-refractivity contribution in [3.05, 3.63) is 65.3 Å². The minimum absolute atomic E-state index is 0.0495. The van der Waals surface area contributed by atoms with E-state index in [1.807, 2.05) is 25.6 Å². The number of imidazole rings is 1. The molecule has 3 heterocycles. The van der Waals surface area contributed by atoms with E-state index in [0.717, 1.165) is 53.9 Å². The van der Waals surface area contributed by atoms with Gasteiger partial charge < -0.3 is 10.3 Å². The number of hydrogen-bond donors (Lipinski definition) is 2. The van der Waals surface area contributed by atoms with E-state index in [1.165, 1.54) is 17.5 Å². The lowest BCUT2D eigenvalue weighted by Gasteiger charge is -2.09. The lowest BCUT2D eigenvalue weighted by Crippen LogP contribution is -2.16. The number of H-pyrrole nitrogens is 1. The number of amides is 2. The summed E-state index contributed by atoms with van der Waals surface area (Å²) in [5, 5.41) is 6.88. The number of rotatable bonds is 11. The Hall–Kier alpha value is -3.92. The van der Waals surface area contributed by atoms with Crippen LogP contribution in [0.1, 0.15) is 53.5 Å². The first kappa shape index (κ1) is 25.2. The third-order valence-corrected chi connectivity index (χ3v) is 6.65. The smallest absolute Gasteiger partial charge is 0.288 e. The average molecular weight is 504 g/mol. The molecular weight excluding hydrogens is 474 g/mol. The first-order valence-corrected chi connectivity index (χ1v) is 12.7. The van der Waals surface area contributed by atoms with Gasteiger partial charge in [0.05, 0.1) is 35.7 Å². The Balaban J connectivity index is 1.46. The van der Waals surface area contributed by atoms with Gasteiger partial charge in [0.2, 0.25) is 5.91 Å². The van der Waals surface area contributed by atoms with E-state index in [2.05, 4.69) is 54.6 Å². The van der Waals surface area contributed by atoms with Crippen molar-refractivity contribution in [2.75, 3.05) is 7.05 Å². The molecule has 3 aromatic heterocycles. The van der Waals surface area contributed by atoms with Crippen molar-refractivity contribution >= 4 is 29.4 Å². The fourth-order valence-electron chi connectivity index (χ4n) is 3.86. The third kappa shape index (κ3) is 6.60. The minimum Gasteiger partial charge on any atom is -0.359 e. The number of aromatic nitrogens is 5. The van der Waals surface area contributed by atoms with Crippen molar-refractivity contribution < 1.29 is 9.59 Å². The van der Waals surface area contributed by atoms with Gasteiger partial charge in [0.15, 0.2) is 0 Å². The van der Waals surface area contributed by atoms with Crippen LogP contribution in [0.25, 0.3) is 22.4 Å². The van der Waals surface area contributed by atoms with Gasteiger partial charge in [-0.2, -0.15) is 5.10 Å². The Morgan fingerprint density at radius 2 is 1.92 bits per heavy atom. The Kier molecular flexibility index (Phi) is 8.51. The molecule has 4 aromatic rings. The van der Waals surface area contributed by atoms with Crippen molar-refractivity contribution in [3.63, 3.8) is 0 Å². The molecule has 4 rings (SSSR count). The SMILES string of the molecule is CNC(=O)CCCCCC(C=NC(=O)c1cncs1)c1ncc(-c2ccc(-c3cnn(C)c3)cc2)[nH]1. The van der Waals surface area contributed by atoms with Gasteiger partial charge in [0.1, 0.15) is 10.7 Å². The third-order valence-electron chi connectivity index (χ3n) is 5.89. The highest BCUT2D eigenvalue weighted by molar-refractivity contribution is 7.11. The summed E-state index contributed by atoms with van der Waals surface area (Å²) in [6.45, 7) is 0. The van der Waals surface area contributed by atoms with E-state index < -0.39 is 0 Å². The summed E-state index contributed by atoms with van der Waals surface area (Å²) in [4.78, 5) is 40.5. The number of hydrogen-bond acceptors (Lipinski definition) is 6. The predicted octanol–water partition coefficient (Wildman–Crippen LogP) is 4.63. The van der Waals surface area contributed by atoms with Crippen molar-refractivity contribution in [3.8, 4) is 22.4 Å². The van der Waals surface area contributed by atoms with Crippen LogP contribution in [-0.2, 0) is 11.8 Å². The van der Waals surface area contributed by atoms with E-state index in [1.54, 1.807) is 23.5 Å². The van der Waals surface area contributed by atoms with Crippen LogP contribution in [0.2, 0.25) is 0 Å². The van der Waals surface area contributed by atoms with Crippen LogP contribution in [0.4, 0.5) is 0 Å². The second-order valence-corrected chi connectivity index (χ2v) is 9.38. The molecule has 0 fully saturated rings. The van der Waals surface area contributed by atoms with Crippen LogP contribution in [0.5, 0.6) is 0 Å². The Labute approximate surface area is 213 Å². The van der Waals surface area contributed by atoms with Gasteiger partial charge in [-0.3, -0.25) is 19.3 Å². The standard InChI is InChI=1S/C26H29N7O2S/c1-27-24(34)7-5-3-4-6-20(12-30-26(35)23-15-28-17-36-23)25-29-14-22(32-25)19-10-8-18(9-11-19)21-13-31-33(2)16-21/h8-17,20H,3-7H2,1-2H3,(H,27,34)(H,29,32). The van der Waals surface area contributed by atoms with E-state index >= 15 is 0 Å². The number of aryl methyl sites for hydroxylation is 1. The molecule has 36 heavy (non-hydrogen) atoms. The molecule has 0 radical (unpaired) electrons. The molecule has 1 atom stereocenters. The molecule has 186 valence electrons. The van der Waals surface area contributed by atoms with Gasteiger partial charge >= 0.3 is 0 Å². The van der Waals surface area contributed by atoms with E-state index in [-0.39, 0.29) is 17.7 Å². The van der Waals surface area contributed by atoms with Gasteiger partial charge in [0.25, 0.3) is 5.91 Å². The van der Waals surface area contributed by atoms with E-state index in [9.17, 15) is 9.59 Å². The number of aromatic amines is 1. The molecule has 10 heteroatoms. The predicted molar refractivity (Wildman–Crippen MR) is 141 cm³/mol. The second kappa shape index (κ2) is 12.2. The Morgan fingerprint density at radius 1 is 1.11 bits per heavy atom. The lowest BCUT2D eigenvalue weighted by molar-refractivity contribution is -0.120. The highest BCUT2D eigenvalue weighted by atomic mass is 32.1. The number of nitrogens with one attached hydrogen (secondary N) is 2. The molecule has 1 aromatic carbocycles. The number of carbonyl (C=O) groups is 2. The van der Waals surface area contributed by atoms with Gasteiger partial charge in [-0.05, 0) is 24.0 Å². The highest BCUT2D eigenvalue weighted by Gasteiger charge is 2.16. The van der Waals surface area contributed by atoms with Crippen molar-refractivity contribution in [1.29, 1.82) is 0 Å². The van der Waals surface area contributed by atoms with Crippen LogP contribution in [0.3, 0.4) is 0 Å². The maximum absolute atomic E-state index is 12.4. The van der Waals surface area contributed by atoms with Crippen molar-refractivity contribution in [2.45, 2.75) is 38.0 Å². The summed E-state index contributed by atoms with van der Waals surface area (Å²) in [6, 6.07) is 8.22. The zero-order chi connectivity index (χ0) is 25.3. The zero-order valence-corrected chi connectivity index (χ0v) is 21.2. The van der Waals surface area contributed by atoms with Crippen LogP contribution >= 0.6 is 11.3 Å². The Bertz CT molecular complexity index is 1310. The van der Waals surface area contributed by atoms with Crippen LogP contribution in [-0.4, -0.2) is 49.8 Å². The molecule has 2 N–H and O–H groups in total. The van der Waals surface area contributed by atoms with Gasteiger partial charge in [-0.1, -0.05) is 37.1 Å². The van der Waals surface area contributed by atoms with Crippen LogP contribution in [0, 0.1) is 0 Å². The number of carbonyl (C=O) groups excluding carboxylic acids is 2. The van der Waals surface area contributed by atoms with Crippen molar-refractivity contribution in [1.82, 2.24) is 30.0 Å². The second-order valence-electron chi connectivity index (χ2n) is 8.49. The molecule has 9 nitrogen and oxygen atoms in total. The molecule has 0 saturated carbocycles. The number of thiazole rings is 1. The monoisotopic (exact) mass is 503 g/mol. The normalized spacial score (nSPS) is 12.2. The zero-order valence-electron chi connectivity index (χ0n) is 20.3. The maximum atomic E-state index is 12.4. The molecule has 0 aliphatic rings. The highest BCUT2D eigenvalue weighted by Crippen LogP contribution is 2.26. The molecule has 0 aliphatic heterocycles. The molecule has 2 amide bonds. The average Bonchev–Trinajstić information content (AvgIpc) is 3.67. The fourth-order valence-corrected chi connectivity index (χ4v) is 4.37. The molecule has 0 spiro atoms. The molecule has 1 unspecified atom stereocenters. The summed E-state index contributed by atoms with van der Waals surface area (Å²) in [5.74, 6) is 0.354. The van der Waals surface area contributed by atoms with Crippen molar-refractivity contribution in [2.24, 2.45) is 12.0 Å². The van der Waals surface area contributed by atoms with Crippen LogP contribution in [0.15, 0.2) is 59.6 Å². The molecular formula is C26H29N7O2S. The molecule has 0 bridgehead atoms. The van der Waals surface area contributed by atoms with Crippen LogP contribution < -0.4 is 5.32 Å². The number of unbranched alkanes of at least 4 members (excludes halogenated alkanes) is 2. The molecule has 0 aliphatic carbocycles.